The van der Waals surface area contributed by atoms with Gasteiger partial charge in [0, 0.05) is 29.9 Å². The lowest BCUT2D eigenvalue weighted by Gasteiger charge is -2.24. The van der Waals surface area contributed by atoms with Crippen molar-refractivity contribution in [2.24, 2.45) is 4.99 Å². The Morgan fingerprint density at radius 1 is 1.00 bits per heavy atom. The van der Waals surface area contributed by atoms with E-state index in [9.17, 15) is 5.11 Å². The van der Waals surface area contributed by atoms with Gasteiger partial charge < -0.3 is 24.2 Å². The maximum Gasteiger partial charge on any atom is 0.231 e. The van der Waals surface area contributed by atoms with E-state index in [-0.39, 0.29) is 18.1 Å². The molecular formula is C27H26N2O4. The highest BCUT2D eigenvalue weighted by Crippen LogP contribution is 2.50. The number of benzene rings is 3. The lowest BCUT2D eigenvalue weighted by atomic mass is 9.94. The normalized spacial score (nSPS) is 17.6. The number of phenols is 1. The summed E-state index contributed by atoms with van der Waals surface area (Å²) in [6.07, 6.45) is 0.979. The van der Waals surface area contributed by atoms with E-state index in [2.05, 4.69) is 47.4 Å². The van der Waals surface area contributed by atoms with Crippen molar-refractivity contribution in [2.45, 2.75) is 32.4 Å². The Kier molecular flexibility index (Phi) is 4.50. The van der Waals surface area contributed by atoms with Gasteiger partial charge in [0.25, 0.3) is 0 Å². The number of fused-ring (bicyclic) bond motifs is 2. The molecule has 33 heavy (non-hydrogen) atoms. The van der Waals surface area contributed by atoms with Crippen molar-refractivity contribution in [1.29, 1.82) is 0 Å². The third kappa shape index (κ3) is 3.37. The summed E-state index contributed by atoms with van der Waals surface area (Å²) in [5.74, 6) is 1.34. The summed E-state index contributed by atoms with van der Waals surface area (Å²) in [6.45, 7) is 6.34. The molecule has 3 aliphatic heterocycles. The molecule has 0 saturated carbocycles. The van der Waals surface area contributed by atoms with Gasteiger partial charge in [0.2, 0.25) is 18.4 Å². The lowest BCUT2D eigenvalue weighted by Crippen LogP contribution is -2.20. The second kappa shape index (κ2) is 7.44. The van der Waals surface area contributed by atoms with E-state index in [1.54, 1.807) is 0 Å². The Morgan fingerprint density at radius 3 is 2.64 bits per heavy atom. The number of hydrogen-bond donors (Lipinski definition) is 1. The molecule has 0 aromatic heterocycles. The fourth-order valence-corrected chi connectivity index (χ4v) is 4.88. The summed E-state index contributed by atoms with van der Waals surface area (Å²) in [4.78, 5) is 7.18. The Morgan fingerprint density at radius 2 is 1.85 bits per heavy atom. The van der Waals surface area contributed by atoms with E-state index in [0.29, 0.717) is 29.6 Å². The van der Waals surface area contributed by atoms with Crippen LogP contribution in [0.2, 0.25) is 0 Å². The Balaban J connectivity index is 1.53. The van der Waals surface area contributed by atoms with Gasteiger partial charge in [-0.05, 0) is 37.5 Å². The van der Waals surface area contributed by atoms with Crippen molar-refractivity contribution in [3.63, 3.8) is 0 Å². The maximum absolute atomic E-state index is 11.3. The van der Waals surface area contributed by atoms with Crippen LogP contribution in [0.5, 0.6) is 17.2 Å². The number of anilines is 1. The highest BCUT2D eigenvalue weighted by molar-refractivity contribution is 6.07. The number of aromatic hydroxyl groups is 1. The minimum Gasteiger partial charge on any atom is -0.504 e. The molecule has 6 heteroatoms. The zero-order chi connectivity index (χ0) is 22.6. The average molecular weight is 443 g/mol. The van der Waals surface area contributed by atoms with Crippen LogP contribution in [-0.2, 0) is 17.7 Å². The molecule has 0 saturated heterocycles. The summed E-state index contributed by atoms with van der Waals surface area (Å²) in [6, 6.07) is 18.8. The molecule has 6 rings (SSSR count). The highest BCUT2D eigenvalue weighted by atomic mass is 16.7. The number of phenolic OH excluding ortho intramolecular Hbond substituents is 1. The van der Waals surface area contributed by atoms with Crippen molar-refractivity contribution < 1.29 is 19.3 Å². The van der Waals surface area contributed by atoms with Crippen LogP contribution >= 0.6 is 0 Å². The van der Waals surface area contributed by atoms with Crippen molar-refractivity contribution in [3.8, 4) is 28.4 Å². The van der Waals surface area contributed by atoms with Gasteiger partial charge in [-0.15, -0.1) is 0 Å². The van der Waals surface area contributed by atoms with Crippen LogP contribution in [-0.4, -0.2) is 36.5 Å². The van der Waals surface area contributed by atoms with Crippen molar-refractivity contribution in [3.05, 3.63) is 71.3 Å². The van der Waals surface area contributed by atoms with Gasteiger partial charge in [-0.2, -0.15) is 0 Å². The molecule has 3 heterocycles. The first-order valence-corrected chi connectivity index (χ1v) is 11.3. The van der Waals surface area contributed by atoms with E-state index in [0.717, 1.165) is 30.6 Å². The molecule has 168 valence electrons. The van der Waals surface area contributed by atoms with Crippen LogP contribution in [0.4, 0.5) is 5.69 Å². The number of hydrogen-bond acceptors (Lipinski definition) is 6. The molecule has 6 nitrogen and oxygen atoms in total. The highest BCUT2D eigenvalue weighted by Gasteiger charge is 2.35. The van der Waals surface area contributed by atoms with Crippen LogP contribution in [0, 0.1) is 0 Å². The Labute approximate surface area is 193 Å². The van der Waals surface area contributed by atoms with E-state index >= 15 is 0 Å². The largest absolute Gasteiger partial charge is 0.504 e. The molecule has 0 bridgehead atoms. The second-order valence-corrected chi connectivity index (χ2v) is 9.37. The van der Waals surface area contributed by atoms with Crippen LogP contribution in [0.1, 0.15) is 30.5 Å². The van der Waals surface area contributed by atoms with Crippen molar-refractivity contribution >= 4 is 11.6 Å². The van der Waals surface area contributed by atoms with Gasteiger partial charge in [-0.25, -0.2) is 4.99 Å². The number of ether oxygens (including phenoxy) is 3. The summed E-state index contributed by atoms with van der Waals surface area (Å²) in [5.41, 5.74) is 5.81. The Hall–Kier alpha value is -3.67. The molecule has 0 spiro atoms. The molecule has 0 radical (unpaired) electrons. The first-order chi connectivity index (χ1) is 16.0. The number of nitrogens with zero attached hydrogens (tertiary/aromatic N) is 2. The minimum atomic E-state index is -0.354. The zero-order valence-corrected chi connectivity index (χ0v) is 18.8. The van der Waals surface area contributed by atoms with E-state index in [1.165, 1.54) is 16.8 Å². The zero-order valence-electron chi connectivity index (χ0n) is 18.8. The first-order valence-electron chi connectivity index (χ1n) is 11.3. The minimum absolute atomic E-state index is 0.0154. The van der Waals surface area contributed by atoms with Gasteiger partial charge in [-0.1, -0.05) is 48.5 Å². The van der Waals surface area contributed by atoms with E-state index in [4.69, 9.17) is 19.2 Å². The SMILES string of the molecule is CC1(C)COC(c2c(-c3cccc4c3N(Cc3ccccc3)CC4)cc3c(c2O)OCO3)=N1. The maximum atomic E-state index is 11.3. The van der Waals surface area contributed by atoms with Crippen LogP contribution in [0.3, 0.4) is 0 Å². The fraction of sp³-hybridized carbons (Fsp3) is 0.296. The quantitative estimate of drug-likeness (QED) is 0.622. The molecule has 3 aliphatic rings. The summed E-state index contributed by atoms with van der Waals surface area (Å²) < 4.78 is 17.2. The molecule has 0 fully saturated rings. The summed E-state index contributed by atoms with van der Waals surface area (Å²) in [5, 5.41) is 11.3. The Bertz CT molecular complexity index is 1270. The third-order valence-electron chi connectivity index (χ3n) is 6.41. The number of para-hydroxylation sites is 1. The monoisotopic (exact) mass is 442 g/mol. The van der Waals surface area contributed by atoms with Crippen molar-refractivity contribution in [1.82, 2.24) is 0 Å². The van der Waals surface area contributed by atoms with Gasteiger partial charge in [0.1, 0.15) is 6.61 Å². The molecule has 3 aromatic carbocycles. The van der Waals surface area contributed by atoms with E-state index in [1.807, 2.05) is 26.0 Å². The molecule has 0 aliphatic carbocycles. The second-order valence-electron chi connectivity index (χ2n) is 9.37. The van der Waals surface area contributed by atoms with Crippen LogP contribution < -0.4 is 14.4 Å². The topological polar surface area (TPSA) is 63.5 Å². The predicted octanol–water partition coefficient (Wildman–Crippen LogP) is 4.91. The average Bonchev–Trinajstić information content (AvgIpc) is 3.53. The first kappa shape index (κ1) is 20.0. The summed E-state index contributed by atoms with van der Waals surface area (Å²) in [7, 11) is 0. The molecule has 1 N–H and O–H groups in total. The van der Waals surface area contributed by atoms with E-state index < -0.39 is 0 Å². The fourth-order valence-electron chi connectivity index (χ4n) is 4.88. The van der Waals surface area contributed by atoms with Gasteiger partial charge in [0.15, 0.2) is 11.5 Å². The molecule has 0 amide bonds. The predicted molar refractivity (Wildman–Crippen MR) is 127 cm³/mol. The molecule has 0 unspecified atom stereocenters. The van der Waals surface area contributed by atoms with Gasteiger partial charge in [0.05, 0.1) is 11.1 Å². The molecule has 0 atom stereocenters. The van der Waals surface area contributed by atoms with Gasteiger partial charge >= 0.3 is 0 Å². The lowest BCUT2D eigenvalue weighted by molar-refractivity contribution is 0.171. The van der Waals surface area contributed by atoms with Crippen LogP contribution in [0.15, 0.2) is 59.6 Å². The van der Waals surface area contributed by atoms with Crippen molar-refractivity contribution in [2.75, 3.05) is 24.8 Å². The summed E-state index contributed by atoms with van der Waals surface area (Å²) >= 11 is 0. The smallest absolute Gasteiger partial charge is 0.231 e. The molecular weight excluding hydrogens is 416 g/mol. The third-order valence-corrected chi connectivity index (χ3v) is 6.41. The number of aliphatic imine (C=N–C) groups is 1. The standard InChI is InChI=1S/C27H26N2O4/c1-27(2)15-31-26(28-27)22-20(13-21-25(24(22)30)33-16-32-21)19-10-6-9-18-11-12-29(23(18)19)14-17-7-4-3-5-8-17/h3-10,13,30H,11-12,14-16H2,1-2H3. The number of rotatable bonds is 4. The molecule has 3 aromatic rings. The van der Waals surface area contributed by atoms with Gasteiger partial charge in [-0.3, -0.25) is 0 Å². The van der Waals surface area contributed by atoms with Crippen LogP contribution in [0.25, 0.3) is 11.1 Å².